The van der Waals surface area contributed by atoms with Gasteiger partial charge in [0.1, 0.15) is 0 Å². The van der Waals surface area contributed by atoms with Gasteiger partial charge < -0.3 is 5.73 Å². The highest BCUT2D eigenvalue weighted by Crippen LogP contribution is 2.48. The van der Waals surface area contributed by atoms with Gasteiger partial charge in [0, 0.05) is 4.47 Å². The van der Waals surface area contributed by atoms with Gasteiger partial charge in [-0.25, -0.2) is 0 Å². The molecule has 2 rings (SSSR count). The van der Waals surface area contributed by atoms with Crippen molar-refractivity contribution in [3.05, 3.63) is 34.3 Å². The molecule has 1 aromatic carbocycles. The van der Waals surface area contributed by atoms with Crippen LogP contribution in [0.4, 0.5) is 0 Å². The first-order valence-corrected chi connectivity index (χ1v) is 5.98. The molecule has 0 unspecified atom stereocenters. The molecule has 0 aliphatic heterocycles. The van der Waals surface area contributed by atoms with Crippen molar-refractivity contribution in [3.63, 3.8) is 0 Å². The van der Waals surface area contributed by atoms with E-state index in [9.17, 15) is 0 Å². The first kappa shape index (κ1) is 10.2. The molecule has 0 saturated heterocycles. The Hall–Kier alpha value is -0.340. The second kappa shape index (κ2) is 4.03. The van der Waals surface area contributed by atoms with Crippen LogP contribution in [0.15, 0.2) is 28.7 Å². The lowest BCUT2D eigenvalue weighted by molar-refractivity contribution is 0.479. The number of halogens is 1. The predicted molar refractivity (Wildman–Crippen MR) is 63.2 cm³/mol. The summed E-state index contributed by atoms with van der Waals surface area (Å²) >= 11 is 3.49. The molecule has 2 heteroatoms. The van der Waals surface area contributed by atoms with Crippen molar-refractivity contribution in [2.45, 2.75) is 25.7 Å². The maximum absolute atomic E-state index is 5.75. The summed E-state index contributed by atoms with van der Waals surface area (Å²) in [6.45, 7) is 0.862. The summed E-state index contributed by atoms with van der Waals surface area (Å²) in [5, 5.41) is 0. The maximum atomic E-state index is 5.75. The van der Waals surface area contributed by atoms with Gasteiger partial charge in [-0.2, -0.15) is 0 Å². The van der Waals surface area contributed by atoms with E-state index in [4.69, 9.17) is 5.73 Å². The van der Waals surface area contributed by atoms with Crippen LogP contribution in [0.3, 0.4) is 0 Å². The number of hydrogen-bond acceptors (Lipinski definition) is 1. The maximum Gasteiger partial charge on any atom is 0.0177 e. The summed E-state index contributed by atoms with van der Waals surface area (Å²) in [6.07, 6.45) is 5.07. The molecule has 0 aromatic heterocycles. The minimum absolute atomic E-state index is 0.502. The van der Waals surface area contributed by atoms with Gasteiger partial charge in [0.05, 0.1) is 0 Å². The van der Waals surface area contributed by atoms with E-state index >= 15 is 0 Å². The molecule has 1 aliphatic carbocycles. The zero-order valence-electron chi connectivity index (χ0n) is 8.30. The van der Waals surface area contributed by atoms with Crippen molar-refractivity contribution in [2.24, 2.45) is 11.1 Å². The minimum Gasteiger partial charge on any atom is -0.330 e. The lowest BCUT2D eigenvalue weighted by atomic mass is 9.97. The van der Waals surface area contributed by atoms with Gasteiger partial charge in [0.15, 0.2) is 0 Å². The molecule has 0 amide bonds. The van der Waals surface area contributed by atoms with Crippen LogP contribution in [0.25, 0.3) is 0 Å². The fraction of sp³-hybridized carbons (Fsp3) is 0.500. The summed E-state index contributed by atoms with van der Waals surface area (Å²) < 4.78 is 1.17. The Morgan fingerprint density at radius 1 is 1.36 bits per heavy atom. The van der Waals surface area contributed by atoms with Crippen molar-refractivity contribution >= 4 is 15.9 Å². The Bertz CT molecular complexity index is 318. The standard InChI is InChI=1S/C12H16BrN/c13-11-3-1-2-10(8-11)4-5-12(9-14)6-7-12/h1-3,8H,4-7,9,14H2. The molecule has 1 nitrogen and oxygen atoms in total. The van der Waals surface area contributed by atoms with Crippen LogP contribution in [-0.4, -0.2) is 6.54 Å². The van der Waals surface area contributed by atoms with Crippen molar-refractivity contribution in [3.8, 4) is 0 Å². The molecule has 1 saturated carbocycles. The first-order chi connectivity index (χ1) is 6.74. The number of nitrogens with two attached hydrogens (primary N) is 1. The molecule has 0 spiro atoms. The Balaban J connectivity index is 1.92. The average Bonchev–Trinajstić information content (AvgIpc) is 2.96. The second-order valence-electron chi connectivity index (χ2n) is 4.33. The normalized spacial score (nSPS) is 18.1. The average molecular weight is 254 g/mol. The first-order valence-electron chi connectivity index (χ1n) is 5.19. The monoisotopic (exact) mass is 253 g/mol. The highest BCUT2D eigenvalue weighted by atomic mass is 79.9. The highest BCUT2D eigenvalue weighted by molar-refractivity contribution is 9.10. The van der Waals surface area contributed by atoms with Gasteiger partial charge in [0.25, 0.3) is 0 Å². The molecule has 14 heavy (non-hydrogen) atoms. The van der Waals surface area contributed by atoms with E-state index in [-0.39, 0.29) is 0 Å². The van der Waals surface area contributed by atoms with Gasteiger partial charge in [-0.05, 0) is 55.3 Å². The number of aryl methyl sites for hydroxylation is 1. The summed E-state index contributed by atoms with van der Waals surface area (Å²) in [5.74, 6) is 0. The van der Waals surface area contributed by atoms with Crippen LogP contribution in [0.2, 0.25) is 0 Å². The molecular weight excluding hydrogens is 238 g/mol. The van der Waals surface area contributed by atoms with Gasteiger partial charge in [-0.3, -0.25) is 0 Å². The third-order valence-corrected chi connectivity index (χ3v) is 3.72. The van der Waals surface area contributed by atoms with Gasteiger partial charge in [-0.1, -0.05) is 28.1 Å². The van der Waals surface area contributed by atoms with E-state index in [0.717, 1.165) is 13.0 Å². The second-order valence-corrected chi connectivity index (χ2v) is 5.25. The van der Waals surface area contributed by atoms with E-state index < -0.39 is 0 Å². The molecule has 2 N–H and O–H groups in total. The summed E-state index contributed by atoms with van der Waals surface area (Å²) in [4.78, 5) is 0. The molecule has 0 radical (unpaired) electrons. The van der Waals surface area contributed by atoms with E-state index in [1.165, 1.54) is 29.3 Å². The van der Waals surface area contributed by atoms with E-state index in [2.05, 4.69) is 40.2 Å². The van der Waals surface area contributed by atoms with E-state index in [1.807, 2.05) is 0 Å². The smallest absolute Gasteiger partial charge is 0.0177 e. The van der Waals surface area contributed by atoms with Gasteiger partial charge in [-0.15, -0.1) is 0 Å². The predicted octanol–water partition coefficient (Wildman–Crippen LogP) is 3.12. The molecular formula is C12H16BrN. The summed E-state index contributed by atoms with van der Waals surface area (Å²) in [7, 11) is 0. The van der Waals surface area contributed by atoms with Gasteiger partial charge >= 0.3 is 0 Å². The zero-order valence-corrected chi connectivity index (χ0v) is 9.89. The van der Waals surface area contributed by atoms with Crippen molar-refractivity contribution < 1.29 is 0 Å². The molecule has 0 bridgehead atoms. The SMILES string of the molecule is NCC1(CCc2cccc(Br)c2)CC1. The van der Waals surface area contributed by atoms with Crippen LogP contribution in [0.5, 0.6) is 0 Å². The molecule has 1 aromatic rings. The lowest BCUT2D eigenvalue weighted by Gasteiger charge is -2.11. The number of rotatable bonds is 4. The van der Waals surface area contributed by atoms with E-state index in [0.29, 0.717) is 5.41 Å². The number of hydrogen-bond donors (Lipinski definition) is 1. The summed E-state index contributed by atoms with van der Waals surface area (Å²) in [5.41, 5.74) is 7.67. The summed E-state index contributed by atoms with van der Waals surface area (Å²) in [6, 6.07) is 8.56. The number of benzene rings is 1. The topological polar surface area (TPSA) is 26.0 Å². The van der Waals surface area contributed by atoms with Crippen LogP contribution in [0, 0.1) is 5.41 Å². The Labute approximate surface area is 93.8 Å². The third kappa shape index (κ3) is 2.37. The molecule has 0 heterocycles. The van der Waals surface area contributed by atoms with Crippen LogP contribution in [0.1, 0.15) is 24.8 Å². The fourth-order valence-corrected chi connectivity index (χ4v) is 2.28. The van der Waals surface area contributed by atoms with Crippen LogP contribution < -0.4 is 5.73 Å². The minimum atomic E-state index is 0.502. The van der Waals surface area contributed by atoms with Crippen molar-refractivity contribution in [1.29, 1.82) is 0 Å². The molecule has 1 aliphatic rings. The Morgan fingerprint density at radius 3 is 2.71 bits per heavy atom. The van der Waals surface area contributed by atoms with Crippen LogP contribution in [-0.2, 0) is 6.42 Å². The van der Waals surface area contributed by atoms with Crippen LogP contribution >= 0.6 is 15.9 Å². The highest BCUT2D eigenvalue weighted by Gasteiger charge is 2.40. The van der Waals surface area contributed by atoms with Crippen molar-refractivity contribution in [2.75, 3.05) is 6.54 Å². The molecule has 1 fully saturated rings. The largest absolute Gasteiger partial charge is 0.330 e. The zero-order chi connectivity index (χ0) is 10.0. The molecule has 0 atom stereocenters. The Morgan fingerprint density at radius 2 is 2.14 bits per heavy atom. The fourth-order valence-electron chi connectivity index (χ4n) is 1.83. The van der Waals surface area contributed by atoms with Crippen molar-refractivity contribution in [1.82, 2.24) is 0 Å². The third-order valence-electron chi connectivity index (χ3n) is 3.22. The lowest BCUT2D eigenvalue weighted by Crippen LogP contribution is -2.15. The molecule has 76 valence electrons. The quantitative estimate of drug-likeness (QED) is 0.877. The van der Waals surface area contributed by atoms with E-state index in [1.54, 1.807) is 0 Å². The Kier molecular flexibility index (Phi) is 2.93. The van der Waals surface area contributed by atoms with Gasteiger partial charge in [0.2, 0.25) is 0 Å².